The van der Waals surface area contributed by atoms with Gasteiger partial charge < -0.3 is 10.2 Å². The Labute approximate surface area is 131 Å². The number of para-hydroxylation sites is 1. The summed E-state index contributed by atoms with van der Waals surface area (Å²) in [5.74, 6) is -2.75. The molecule has 2 aromatic rings. The Bertz CT molecular complexity index is 750. The number of rotatable bonds is 3. The van der Waals surface area contributed by atoms with E-state index >= 15 is 0 Å². The molecular formula is C17H14F2N2O2. The van der Waals surface area contributed by atoms with Crippen LogP contribution in [-0.2, 0) is 9.59 Å². The number of carbonyl (C=O) groups excluding carboxylic acids is 2. The molecule has 23 heavy (non-hydrogen) atoms. The Morgan fingerprint density at radius 1 is 1.13 bits per heavy atom. The van der Waals surface area contributed by atoms with Crippen LogP contribution in [0.2, 0.25) is 0 Å². The number of hydrogen-bond donors (Lipinski definition) is 1. The molecule has 2 aromatic carbocycles. The van der Waals surface area contributed by atoms with Crippen LogP contribution in [0.5, 0.6) is 0 Å². The zero-order valence-corrected chi connectivity index (χ0v) is 12.1. The Hall–Kier alpha value is -2.76. The number of anilines is 2. The summed E-state index contributed by atoms with van der Waals surface area (Å²) in [4.78, 5) is 25.8. The summed E-state index contributed by atoms with van der Waals surface area (Å²) in [7, 11) is 0. The third kappa shape index (κ3) is 3.21. The van der Waals surface area contributed by atoms with Crippen molar-refractivity contribution >= 4 is 23.2 Å². The third-order valence-corrected chi connectivity index (χ3v) is 3.75. The highest BCUT2D eigenvalue weighted by Crippen LogP contribution is 2.26. The molecule has 0 aromatic heterocycles. The molecule has 1 heterocycles. The van der Waals surface area contributed by atoms with Gasteiger partial charge in [0.2, 0.25) is 11.8 Å². The second-order valence-corrected chi connectivity index (χ2v) is 5.35. The molecule has 4 nitrogen and oxygen atoms in total. The fourth-order valence-corrected chi connectivity index (χ4v) is 2.57. The molecule has 1 atom stereocenters. The molecule has 1 N–H and O–H groups in total. The molecule has 0 radical (unpaired) electrons. The van der Waals surface area contributed by atoms with Crippen molar-refractivity contribution in [3.8, 4) is 0 Å². The topological polar surface area (TPSA) is 49.4 Å². The first-order valence-electron chi connectivity index (χ1n) is 7.16. The van der Waals surface area contributed by atoms with E-state index in [9.17, 15) is 18.4 Å². The van der Waals surface area contributed by atoms with E-state index in [1.54, 1.807) is 12.1 Å². The van der Waals surface area contributed by atoms with Gasteiger partial charge in [-0.25, -0.2) is 8.78 Å². The molecule has 1 fully saturated rings. The van der Waals surface area contributed by atoms with Crippen molar-refractivity contribution in [3.63, 3.8) is 0 Å². The van der Waals surface area contributed by atoms with Crippen molar-refractivity contribution in [1.29, 1.82) is 0 Å². The van der Waals surface area contributed by atoms with Crippen molar-refractivity contribution in [2.75, 3.05) is 16.8 Å². The molecule has 0 saturated carbocycles. The van der Waals surface area contributed by atoms with Gasteiger partial charge in [0.1, 0.15) is 11.6 Å². The van der Waals surface area contributed by atoms with Crippen molar-refractivity contribution in [2.45, 2.75) is 6.42 Å². The van der Waals surface area contributed by atoms with Gasteiger partial charge >= 0.3 is 0 Å². The van der Waals surface area contributed by atoms with E-state index in [2.05, 4.69) is 5.32 Å². The number of nitrogens with one attached hydrogen (secondary N) is 1. The predicted octanol–water partition coefficient (Wildman–Crippen LogP) is 2.96. The maximum Gasteiger partial charge on any atom is 0.229 e. The summed E-state index contributed by atoms with van der Waals surface area (Å²) in [6.07, 6.45) is 0.0591. The van der Waals surface area contributed by atoms with Gasteiger partial charge in [0.25, 0.3) is 0 Å². The summed E-state index contributed by atoms with van der Waals surface area (Å²) < 4.78 is 26.5. The first-order valence-corrected chi connectivity index (χ1v) is 7.16. The molecule has 1 saturated heterocycles. The van der Waals surface area contributed by atoms with E-state index in [1.807, 2.05) is 18.2 Å². The van der Waals surface area contributed by atoms with E-state index < -0.39 is 23.5 Å². The lowest BCUT2D eigenvalue weighted by atomic mass is 10.1. The summed E-state index contributed by atoms with van der Waals surface area (Å²) in [5, 5.41) is 2.41. The van der Waals surface area contributed by atoms with E-state index in [0.717, 1.165) is 17.8 Å². The summed E-state index contributed by atoms with van der Waals surface area (Å²) in [5.41, 5.74) is 0.628. The highest BCUT2D eigenvalue weighted by atomic mass is 19.1. The number of hydrogen-bond acceptors (Lipinski definition) is 2. The highest BCUT2D eigenvalue weighted by molar-refractivity contribution is 6.03. The number of amides is 2. The van der Waals surface area contributed by atoms with Gasteiger partial charge in [-0.05, 0) is 24.3 Å². The average molecular weight is 316 g/mol. The van der Waals surface area contributed by atoms with E-state index in [-0.39, 0.29) is 24.6 Å². The number of nitrogens with zero attached hydrogens (tertiary/aromatic N) is 1. The standard InChI is InChI=1S/C17H14F2N2O2/c18-12-6-7-15(14(19)9-12)20-17(23)11-8-16(22)21(10-11)13-4-2-1-3-5-13/h1-7,9,11H,8,10H2,(H,20,23). The van der Waals surface area contributed by atoms with Crippen LogP contribution in [0, 0.1) is 17.6 Å². The normalized spacial score (nSPS) is 17.4. The van der Waals surface area contributed by atoms with Crippen LogP contribution in [0.25, 0.3) is 0 Å². The second-order valence-electron chi connectivity index (χ2n) is 5.35. The fourth-order valence-electron chi connectivity index (χ4n) is 2.57. The van der Waals surface area contributed by atoms with Crippen LogP contribution < -0.4 is 10.2 Å². The minimum Gasteiger partial charge on any atom is -0.323 e. The smallest absolute Gasteiger partial charge is 0.229 e. The van der Waals surface area contributed by atoms with Crippen LogP contribution >= 0.6 is 0 Å². The third-order valence-electron chi connectivity index (χ3n) is 3.75. The first-order chi connectivity index (χ1) is 11.0. The quantitative estimate of drug-likeness (QED) is 0.946. The molecule has 1 unspecified atom stereocenters. The number of carbonyl (C=O) groups is 2. The molecular weight excluding hydrogens is 302 g/mol. The zero-order valence-electron chi connectivity index (χ0n) is 12.1. The van der Waals surface area contributed by atoms with Crippen LogP contribution in [-0.4, -0.2) is 18.4 Å². The zero-order chi connectivity index (χ0) is 16.4. The molecule has 118 valence electrons. The summed E-state index contributed by atoms with van der Waals surface area (Å²) in [6, 6.07) is 12.0. The Morgan fingerprint density at radius 3 is 2.57 bits per heavy atom. The van der Waals surface area contributed by atoms with Crippen molar-refractivity contribution in [2.24, 2.45) is 5.92 Å². The number of benzene rings is 2. The minimum absolute atomic E-state index is 0.0591. The maximum atomic E-state index is 13.6. The summed E-state index contributed by atoms with van der Waals surface area (Å²) in [6.45, 7) is 0.234. The lowest BCUT2D eigenvalue weighted by Gasteiger charge is -2.16. The van der Waals surface area contributed by atoms with Crippen molar-refractivity contribution < 1.29 is 18.4 Å². The largest absolute Gasteiger partial charge is 0.323 e. The van der Waals surface area contributed by atoms with Gasteiger partial charge in [-0.15, -0.1) is 0 Å². The van der Waals surface area contributed by atoms with E-state index in [0.29, 0.717) is 6.07 Å². The predicted molar refractivity (Wildman–Crippen MR) is 81.9 cm³/mol. The molecule has 2 amide bonds. The van der Waals surface area contributed by atoms with Crippen molar-refractivity contribution in [1.82, 2.24) is 0 Å². The van der Waals surface area contributed by atoms with Crippen LogP contribution in [0.4, 0.5) is 20.2 Å². The molecule has 0 spiro atoms. The Kier molecular flexibility index (Phi) is 4.06. The molecule has 1 aliphatic heterocycles. The molecule has 0 bridgehead atoms. The minimum atomic E-state index is -0.845. The maximum absolute atomic E-state index is 13.6. The van der Waals surface area contributed by atoms with Crippen LogP contribution in [0.15, 0.2) is 48.5 Å². The fraction of sp³-hybridized carbons (Fsp3) is 0.176. The Balaban J connectivity index is 1.71. The Morgan fingerprint density at radius 2 is 1.87 bits per heavy atom. The van der Waals surface area contributed by atoms with Gasteiger partial charge in [-0.3, -0.25) is 9.59 Å². The first kappa shape index (κ1) is 15.1. The van der Waals surface area contributed by atoms with Gasteiger partial charge in [0.05, 0.1) is 11.6 Å². The van der Waals surface area contributed by atoms with Gasteiger partial charge in [0.15, 0.2) is 0 Å². The number of halogens is 2. The SMILES string of the molecule is O=C(Nc1ccc(F)cc1F)C1CC(=O)N(c2ccccc2)C1. The highest BCUT2D eigenvalue weighted by Gasteiger charge is 2.35. The lowest BCUT2D eigenvalue weighted by Crippen LogP contribution is -2.28. The van der Waals surface area contributed by atoms with Crippen LogP contribution in [0.1, 0.15) is 6.42 Å². The summed E-state index contributed by atoms with van der Waals surface area (Å²) >= 11 is 0. The molecule has 3 rings (SSSR count). The van der Waals surface area contributed by atoms with Gasteiger partial charge in [-0.2, -0.15) is 0 Å². The molecule has 0 aliphatic carbocycles. The van der Waals surface area contributed by atoms with Gasteiger partial charge in [-0.1, -0.05) is 18.2 Å². The van der Waals surface area contributed by atoms with E-state index in [1.165, 1.54) is 4.90 Å². The molecule has 1 aliphatic rings. The monoisotopic (exact) mass is 316 g/mol. The second kappa shape index (κ2) is 6.16. The van der Waals surface area contributed by atoms with E-state index in [4.69, 9.17) is 0 Å². The average Bonchev–Trinajstić information content (AvgIpc) is 2.93. The van der Waals surface area contributed by atoms with Crippen molar-refractivity contribution in [3.05, 3.63) is 60.2 Å². The van der Waals surface area contributed by atoms with Gasteiger partial charge in [0, 0.05) is 24.7 Å². The van der Waals surface area contributed by atoms with Crippen LogP contribution in [0.3, 0.4) is 0 Å². The lowest BCUT2D eigenvalue weighted by molar-refractivity contribution is -0.122. The molecule has 6 heteroatoms.